The summed E-state index contributed by atoms with van der Waals surface area (Å²) in [6.45, 7) is 8.36. The van der Waals surface area contributed by atoms with Crippen LogP contribution in [-0.4, -0.2) is 39.5 Å². The lowest BCUT2D eigenvalue weighted by Crippen LogP contribution is -2.41. The van der Waals surface area contributed by atoms with Crippen molar-refractivity contribution < 1.29 is 19.1 Å². The molecule has 0 heterocycles. The largest absolute Gasteiger partial charge is 0.444 e. The molecule has 0 aromatic rings. The van der Waals surface area contributed by atoms with Crippen molar-refractivity contribution in [3.63, 3.8) is 0 Å². The molecule has 1 N–H and O–H groups in total. The highest BCUT2D eigenvalue weighted by molar-refractivity contribution is 8.13. The van der Waals surface area contributed by atoms with Gasteiger partial charge in [0.1, 0.15) is 5.60 Å². The Morgan fingerprint density at radius 1 is 1.10 bits per heavy atom. The first-order chi connectivity index (χ1) is 9.10. The van der Waals surface area contributed by atoms with E-state index in [-0.39, 0.29) is 16.3 Å². The average Bonchev–Trinajstić information content (AvgIpc) is 2.22. The van der Waals surface area contributed by atoms with Gasteiger partial charge < -0.3 is 10.1 Å². The number of nitrogens with one attached hydrogen (secondary N) is 1. The fraction of sp³-hybridized carbons (Fsp3) is 0.769. The summed E-state index contributed by atoms with van der Waals surface area (Å²) in [5.74, 6) is 1.08. The first-order valence-corrected chi connectivity index (χ1v) is 8.33. The van der Waals surface area contributed by atoms with Crippen LogP contribution in [0, 0.1) is 0 Å². The van der Waals surface area contributed by atoms with Crippen LogP contribution in [0.4, 0.5) is 4.79 Å². The molecule has 1 amide bonds. The maximum Gasteiger partial charge on any atom is 0.407 e. The lowest BCUT2D eigenvalue weighted by Gasteiger charge is -2.23. The van der Waals surface area contributed by atoms with Gasteiger partial charge in [0, 0.05) is 31.4 Å². The van der Waals surface area contributed by atoms with Crippen LogP contribution in [-0.2, 0) is 14.3 Å². The van der Waals surface area contributed by atoms with Crippen molar-refractivity contribution in [1.29, 1.82) is 0 Å². The summed E-state index contributed by atoms with van der Waals surface area (Å²) in [5, 5.41) is 2.79. The molecule has 0 aromatic heterocycles. The maximum absolute atomic E-state index is 11.7. The van der Waals surface area contributed by atoms with Crippen LogP contribution in [0.1, 0.15) is 41.0 Å². The average molecular weight is 321 g/mol. The number of ether oxygens (including phenoxy) is 1. The van der Waals surface area contributed by atoms with Crippen LogP contribution in [0.25, 0.3) is 0 Å². The summed E-state index contributed by atoms with van der Waals surface area (Å²) < 4.78 is 5.18. The van der Waals surface area contributed by atoms with Crippen molar-refractivity contribution >= 4 is 39.8 Å². The van der Waals surface area contributed by atoms with Gasteiger partial charge in [0.2, 0.25) is 0 Å². The van der Waals surface area contributed by atoms with Crippen LogP contribution in [0.2, 0.25) is 0 Å². The number of hydrogen-bond donors (Lipinski definition) is 1. The monoisotopic (exact) mass is 321 g/mol. The Labute approximate surface area is 129 Å². The van der Waals surface area contributed by atoms with Gasteiger partial charge in [0.05, 0.1) is 0 Å². The molecule has 0 fully saturated rings. The molecule has 0 aliphatic carbocycles. The van der Waals surface area contributed by atoms with Crippen molar-refractivity contribution in [2.75, 3.05) is 11.5 Å². The molecule has 0 unspecified atom stereocenters. The van der Waals surface area contributed by atoms with Gasteiger partial charge in [0.25, 0.3) is 0 Å². The van der Waals surface area contributed by atoms with E-state index in [1.807, 2.05) is 0 Å². The highest BCUT2D eigenvalue weighted by atomic mass is 32.2. The Hall–Kier alpha value is -0.690. The number of carbonyl (C=O) groups excluding carboxylic acids is 3. The zero-order valence-corrected chi connectivity index (χ0v) is 14.3. The van der Waals surface area contributed by atoms with E-state index in [4.69, 9.17) is 4.74 Å². The van der Waals surface area contributed by atoms with Crippen LogP contribution in [0.15, 0.2) is 0 Å². The molecule has 0 bridgehead atoms. The van der Waals surface area contributed by atoms with Gasteiger partial charge in [0.15, 0.2) is 10.2 Å². The maximum atomic E-state index is 11.7. The third kappa shape index (κ3) is 12.3. The summed E-state index contributed by atoms with van der Waals surface area (Å²) in [6.07, 6.45) is 0.114. The van der Waals surface area contributed by atoms with Crippen LogP contribution in [0.3, 0.4) is 0 Å². The van der Waals surface area contributed by atoms with E-state index < -0.39 is 11.7 Å². The lowest BCUT2D eigenvalue weighted by atomic mass is 10.2. The molecule has 116 valence electrons. The third-order valence-corrected chi connectivity index (χ3v) is 3.80. The highest BCUT2D eigenvalue weighted by Crippen LogP contribution is 2.13. The van der Waals surface area contributed by atoms with Crippen molar-refractivity contribution in [3.05, 3.63) is 0 Å². The summed E-state index contributed by atoms with van der Waals surface area (Å²) in [7, 11) is 0. The Bertz CT molecular complexity index is 353. The minimum absolute atomic E-state index is 0.000194. The predicted molar refractivity (Wildman–Crippen MR) is 84.1 cm³/mol. The number of alkyl carbamates (subject to hydrolysis) is 1. The molecule has 0 aromatic carbocycles. The second kappa shape index (κ2) is 9.28. The lowest BCUT2D eigenvalue weighted by molar-refractivity contribution is -0.109. The summed E-state index contributed by atoms with van der Waals surface area (Å²) in [4.78, 5) is 33.6. The SMILES string of the molecule is CC(=O)SCC[C@@H](CSC(C)=O)NC(=O)OC(C)(C)C. The van der Waals surface area contributed by atoms with Gasteiger partial charge in [-0.1, -0.05) is 23.5 Å². The van der Waals surface area contributed by atoms with E-state index in [1.165, 1.54) is 25.6 Å². The Morgan fingerprint density at radius 3 is 2.10 bits per heavy atom. The molecule has 0 rings (SSSR count). The fourth-order valence-electron chi connectivity index (χ4n) is 1.23. The van der Waals surface area contributed by atoms with Gasteiger partial charge in [-0.2, -0.15) is 0 Å². The van der Waals surface area contributed by atoms with Gasteiger partial charge in [-0.25, -0.2) is 4.79 Å². The molecule has 7 heteroatoms. The zero-order chi connectivity index (χ0) is 15.8. The first-order valence-electron chi connectivity index (χ1n) is 6.36. The van der Waals surface area contributed by atoms with E-state index in [1.54, 1.807) is 20.8 Å². The summed E-state index contributed by atoms with van der Waals surface area (Å²) in [6, 6.07) is -0.189. The van der Waals surface area contributed by atoms with E-state index >= 15 is 0 Å². The molecule has 0 saturated heterocycles. The number of carbonyl (C=O) groups is 3. The number of thioether (sulfide) groups is 2. The van der Waals surface area contributed by atoms with Crippen molar-refractivity contribution in [1.82, 2.24) is 5.32 Å². The number of hydrogen-bond acceptors (Lipinski definition) is 6. The van der Waals surface area contributed by atoms with Gasteiger partial charge >= 0.3 is 6.09 Å². The quantitative estimate of drug-likeness (QED) is 0.811. The molecule has 5 nitrogen and oxygen atoms in total. The second-order valence-corrected chi connectivity index (χ2v) is 7.74. The van der Waals surface area contributed by atoms with Gasteiger partial charge in [-0.15, -0.1) is 0 Å². The smallest absolute Gasteiger partial charge is 0.407 e. The zero-order valence-electron chi connectivity index (χ0n) is 12.6. The van der Waals surface area contributed by atoms with E-state index in [2.05, 4.69) is 5.32 Å². The molecule has 1 atom stereocenters. The van der Waals surface area contributed by atoms with Crippen LogP contribution >= 0.6 is 23.5 Å². The predicted octanol–water partition coefficient (Wildman–Crippen LogP) is 2.83. The molecule has 0 spiro atoms. The molecule has 20 heavy (non-hydrogen) atoms. The minimum Gasteiger partial charge on any atom is -0.444 e. The first kappa shape index (κ1) is 19.3. The molecular weight excluding hydrogens is 298 g/mol. The highest BCUT2D eigenvalue weighted by Gasteiger charge is 2.20. The third-order valence-electron chi connectivity index (χ3n) is 1.98. The topological polar surface area (TPSA) is 72.5 Å². The van der Waals surface area contributed by atoms with Crippen molar-refractivity contribution in [2.24, 2.45) is 0 Å². The standard InChI is InChI=1S/C13H23NO4S2/c1-9(15)19-7-6-11(8-20-10(2)16)14-12(17)18-13(3,4)5/h11H,6-8H2,1-5H3,(H,14,17)/t11-/m0/s1. The normalized spacial score (nSPS) is 12.7. The second-order valence-electron chi connectivity index (χ2n) is 5.27. The van der Waals surface area contributed by atoms with Crippen LogP contribution < -0.4 is 5.32 Å². The molecule has 0 saturated carbocycles. The van der Waals surface area contributed by atoms with E-state index in [0.29, 0.717) is 17.9 Å². The molecular formula is C13H23NO4S2. The summed E-state index contributed by atoms with van der Waals surface area (Å²) >= 11 is 2.36. The van der Waals surface area contributed by atoms with Crippen molar-refractivity contribution in [2.45, 2.75) is 52.7 Å². The fourth-order valence-corrected chi connectivity index (χ4v) is 2.61. The Kier molecular flexibility index (Phi) is 8.96. The summed E-state index contributed by atoms with van der Waals surface area (Å²) in [5.41, 5.74) is -0.559. The molecule has 0 radical (unpaired) electrons. The Balaban J connectivity index is 4.32. The van der Waals surface area contributed by atoms with Gasteiger partial charge in [-0.05, 0) is 27.2 Å². The van der Waals surface area contributed by atoms with Gasteiger partial charge in [-0.3, -0.25) is 9.59 Å². The van der Waals surface area contributed by atoms with E-state index in [9.17, 15) is 14.4 Å². The van der Waals surface area contributed by atoms with Crippen LogP contribution in [0.5, 0.6) is 0 Å². The molecule has 0 aliphatic rings. The van der Waals surface area contributed by atoms with Crippen molar-refractivity contribution in [3.8, 4) is 0 Å². The minimum atomic E-state index is -0.559. The Morgan fingerprint density at radius 2 is 1.65 bits per heavy atom. The number of amides is 1. The molecule has 0 aliphatic heterocycles. The number of rotatable bonds is 6. The van der Waals surface area contributed by atoms with E-state index in [0.717, 1.165) is 11.8 Å².